The maximum absolute atomic E-state index is 12.6. The van der Waals surface area contributed by atoms with Gasteiger partial charge in [-0.05, 0) is 50.2 Å². The number of nitriles is 1. The van der Waals surface area contributed by atoms with Crippen LogP contribution >= 0.6 is 11.8 Å². The van der Waals surface area contributed by atoms with Crippen LogP contribution in [-0.2, 0) is 44.0 Å². The first-order valence-electron chi connectivity index (χ1n) is 11.4. The van der Waals surface area contributed by atoms with Gasteiger partial charge in [-0.25, -0.2) is 4.98 Å². The number of pyridine rings is 1. The molecule has 0 aliphatic heterocycles. The van der Waals surface area contributed by atoms with Gasteiger partial charge < -0.3 is 4.74 Å². The van der Waals surface area contributed by atoms with Gasteiger partial charge in [0.1, 0.15) is 17.2 Å². The van der Waals surface area contributed by atoms with E-state index in [1.165, 1.54) is 11.8 Å². The first-order valence-corrected chi connectivity index (χ1v) is 15.4. The van der Waals surface area contributed by atoms with Crippen molar-refractivity contribution in [1.82, 2.24) is 4.98 Å². The summed E-state index contributed by atoms with van der Waals surface area (Å²) in [6, 6.07) is 4.08. The summed E-state index contributed by atoms with van der Waals surface area (Å²) >= 11 is 1.20. The number of unbranched alkanes of at least 4 members (excludes halogenated alkanes) is 2. The number of rotatable bonds is 14. The van der Waals surface area contributed by atoms with Crippen LogP contribution in [0.4, 0.5) is 0 Å². The number of hydrogen-bond donors (Lipinski definition) is 0. The Hall–Kier alpha value is -1.24. The molecule has 0 N–H and O–H groups in total. The molecular formula is C23H34N2O4S3. The average Bonchev–Trinajstić information content (AvgIpc) is 2.79. The Bertz CT molecular complexity index is 832. The molecule has 0 fully saturated rings. The third-order valence-corrected chi connectivity index (χ3v) is 9.15. The van der Waals surface area contributed by atoms with Crippen LogP contribution in [0.3, 0.4) is 0 Å². The van der Waals surface area contributed by atoms with Gasteiger partial charge in [-0.15, -0.1) is 0 Å². The number of ether oxygens (including phenoxy) is 1. The van der Waals surface area contributed by atoms with Gasteiger partial charge in [0, 0.05) is 38.8 Å². The van der Waals surface area contributed by atoms with Gasteiger partial charge in [-0.1, -0.05) is 38.5 Å². The van der Waals surface area contributed by atoms with E-state index in [1.54, 1.807) is 0 Å². The number of aryl methyl sites for hydroxylation is 2. The van der Waals surface area contributed by atoms with E-state index < -0.39 is 33.7 Å². The zero-order valence-electron chi connectivity index (χ0n) is 19.1. The summed E-state index contributed by atoms with van der Waals surface area (Å²) in [4.78, 5) is 17.2. The van der Waals surface area contributed by atoms with Crippen molar-refractivity contribution in [3.05, 3.63) is 22.9 Å². The third kappa shape index (κ3) is 9.32. The zero-order valence-corrected chi connectivity index (χ0v) is 21.5. The number of fused-ring (bicyclic) bond motifs is 1. The first-order chi connectivity index (χ1) is 15.5. The van der Waals surface area contributed by atoms with Crippen LogP contribution in [0.25, 0.3) is 0 Å². The molecule has 1 aliphatic carbocycles. The van der Waals surface area contributed by atoms with E-state index in [1.807, 2.05) is 19.9 Å². The standard InChI is InChI=1S/C23H34N2O4S3/c1-3-5-11-31(27)16-20(17-32(28)12-6-4-2)29-22(26)15-30-23-19(14-24)13-18-9-7-8-10-21(18)25-23/h13,20H,3-12,15-17H2,1-2H3. The minimum atomic E-state index is -1.11. The fourth-order valence-corrected chi connectivity index (χ4v) is 7.12. The van der Waals surface area contributed by atoms with E-state index in [4.69, 9.17) is 4.74 Å². The summed E-state index contributed by atoms with van der Waals surface area (Å²) in [5.41, 5.74) is 2.63. The highest BCUT2D eigenvalue weighted by atomic mass is 32.2. The van der Waals surface area contributed by atoms with Crippen molar-refractivity contribution >= 4 is 39.3 Å². The van der Waals surface area contributed by atoms with E-state index in [0.29, 0.717) is 22.1 Å². The summed E-state index contributed by atoms with van der Waals surface area (Å²) in [5, 5.41) is 10.0. The number of aromatic nitrogens is 1. The van der Waals surface area contributed by atoms with E-state index in [0.717, 1.165) is 62.6 Å². The molecule has 0 radical (unpaired) electrons. The van der Waals surface area contributed by atoms with Crippen molar-refractivity contribution in [1.29, 1.82) is 5.26 Å². The van der Waals surface area contributed by atoms with Crippen molar-refractivity contribution < 1.29 is 17.9 Å². The molecule has 2 unspecified atom stereocenters. The highest BCUT2D eigenvalue weighted by Gasteiger charge is 2.22. The summed E-state index contributed by atoms with van der Waals surface area (Å²) < 4.78 is 30.3. The summed E-state index contributed by atoms with van der Waals surface area (Å²) in [6.45, 7) is 4.08. The molecule has 1 aromatic rings. The highest BCUT2D eigenvalue weighted by molar-refractivity contribution is 7.99. The van der Waals surface area contributed by atoms with Gasteiger partial charge in [0.15, 0.2) is 0 Å². The van der Waals surface area contributed by atoms with Gasteiger partial charge in [0.25, 0.3) is 0 Å². The Balaban J connectivity index is 1.98. The van der Waals surface area contributed by atoms with E-state index in [-0.39, 0.29) is 17.3 Å². The molecular weight excluding hydrogens is 464 g/mol. The van der Waals surface area contributed by atoms with Crippen LogP contribution in [0.5, 0.6) is 0 Å². The summed E-state index contributed by atoms with van der Waals surface area (Å²) in [6.07, 6.45) is 7.01. The Morgan fingerprint density at radius 1 is 1.16 bits per heavy atom. The predicted octanol–water partition coefficient (Wildman–Crippen LogP) is 3.93. The Kier molecular flexibility index (Phi) is 12.5. The molecule has 2 rings (SSSR count). The zero-order chi connectivity index (χ0) is 23.3. The third-order valence-electron chi connectivity index (χ3n) is 5.21. The number of nitrogens with zero attached hydrogens (tertiary/aromatic N) is 2. The monoisotopic (exact) mass is 498 g/mol. The van der Waals surface area contributed by atoms with Gasteiger partial charge in [-0.3, -0.25) is 13.2 Å². The molecule has 178 valence electrons. The van der Waals surface area contributed by atoms with Crippen LogP contribution in [0.15, 0.2) is 11.1 Å². The lowest BCUT2D eigenvalue weighted by atomic mass is 9.95. The molecule has 0 amide bonds. The fourth-order valence-electron chi connectivity index (χ4n) is 3.46. The molecule has 1 aromatic heterocycles. The molecule has 1 aliphatic rings. The number of hydrogen-bond acceptors (Lipinski definition) is 7. The minimum absolute atomic E-state index is 0.0140. The second-order valence-electron chi connectivity index (χ2n) is 7.99. The summed E-state index contributed by atoms with van der Waals surface area (Å²) in [5.74, 6) is 1.11. The topological polar surface area (TPSA) is 97.1 Å². The maximum Gasteiger partial charge on any atom is 0.316 e. The molecule has 6 nitrogen and oxygen atoms in total. The smallest absolute Gasteiger partial charge is 0.316 e. The van der Waals surface area contributed by atoms with Crippen molar-refractivity contribution in [3.8, 4) is 6.07 Å². The molecule has 0 bridgehead atoms. The molecule has 9 heteroatoms. The SMILES string of the molecule is CCCCS(=O)CC(CS(=O)CCCC)OC(=O)CSc1nc2c(cc1C#N)CCCC2. The lowest BCUT2D eigenvalue weighted by Crippen LogP contribution is -2.32. The van der Waals surface area contributed by atoms with Gasteiger partial charge in [0.2, 0.25) is 0 Å². The fraction of sp³-hybridized carbons (Fsp3) is 0.696. The number of thioether (sulfide) groups is 1. The minimum Gasteiger partial charge on any atom is -0.460 e. The highest BCUT2D eigenvalue weighted by Crippen LogP contribution is 2.27. The Morgan fingerprint density at radius 3 is 2.38 bits per heavy atom. The average molecular weight is 499 g/mol. The summed E-state index contributed by atoms with van der Waals surface area (Å²) in [7, 11) is -2.22. The van der Waals surface area contributed by atoms with Gasteiger partial charge in [-0.2, -0.15) is 5.26 Å². The second-order valence-corrected chi connectivity index (χ2v) is 12.2. The van der Waals surface area contributed by atoms with E-state index in [9.17, 15) is 18.5 Å². The Labute approximate surface area is 201 Å². The molecule has 0 spiro atoms. The molecule has 0 aromatic carbocycles. The normalized spacial score (nSPS) is 15.9. The van der Waals surface area contributed by atoms with Crippen LogP contribution in [0.1, 0.15) is 69.2 Å². The quantitative estimate of drug-likeness (QED) is 0.283. The molecule has 0 saturated heterocycles. The molecule has 0 saturated carbocycles. The number of esters is 1. The van der Waals surface area contributed by atoms with Crippen molar-refractivity contribution in [2.24, 2.45) is 0 Å². The maximum atomic E-state index is 12.6. The van der Waals surface area contributed by atoms with E-state index in [2.05, 4.69) is 11.1 Å². The van der Waals surface area contributed by atoms with Gasteiger partial charge in [0.05, 0.1) is 22.8 Å². The van der Waals surface area contributed by atoms with E-state index >= 15 is 0 Å². The number of carbonyl (C=O) groups excluding carboxylic acids is 1. The largest absolute Gasteiger partial charge is 0.460 e. The lowest BCUT2D eigenvalue weighted by Gasteiger charge is -2.18. The molecule has 32 heavy (non-hydrogen) atoms. The predicted molar refractivity (Wildman–Crippen MR) is 132 cm³/mol. The Morgan fingerprint density at radius 2 is 1.78 bits per heavy atom. The van der Waals surface area contributed by atoms with Crippen molar-refractivity contribution in [2.45, 2.75) is 76.3 Å². The van der Waals surface area contributed by atoms with Gasteiger partial charge >= 0.3 is 5.97 Å². The van der Waals surface area contributed by atoms with Crippen LogP contribution in [-0.4, -0.2) is 54.2 Å². The first kappa shape index (κ1) is 27.0. The van der Waals surface area contributed by atoms with Crippen molar-refractivity contribution in [3.63, 3.8) is 0 Å². The molecule has 2 atom stereocenters. The molecule has 1 heterocycles. The number of carbonyl (C=O) groups is 1. The van der Waals surface area contributed by atoms with Crippen LogP contribution in [0.2, 0.25) is 0 Å². The van der Waals surface area contributed by atoms with Crippen LogP contribution < -0.4 is 0 Å². The van der Waals surface area contributed by atoms with Crippen molar-refractivity contribution in [2.75, 3.05) is 28.8 Å². The van der Waals surface area contributed by atoms with Crippen LogP contribution in [0, 0.1) is 11.3 Å². The lowest BCUT2D eigenvalue weighted by molar-refractivity contribution is -0.143. The second kappa shape index (κ2) is 14.8.